The Morgan fingerprint density at radius 1 is 0.727 bits per heavy atom. The molecule has 0 unspecified atom stereocenters. The summed E-state index contributed by atoms with van der Waals surface area (Å²) in [5, 5.41) is 0. The number of esters is 1. The van der Waals surface area contributed by atoms with Gasteiger partial charge in [0.15, 0.2) is 0 Å². The molecule has 0 rings (SSSR count). The van der Waals surface area contributed by atoms with Crippen molar-refractivity contribution in [3.63, 3.8) is 0 Å². The van der Waals surface area contributed by atoms with E-state index in [4.69, 9.17) is 10.5 Å². The quantitative estimate of drug-likeness (QED) is 0.290. The van der Waals surface area contributed by atoms with Gasteiger partial charge in [-0.2, -0.15) is 0 Å². The summed E-state index contributed by atoms with van der Waals surface area (Å²) in [5.74, 6) is -0.0588. The minimum atomic E-state index is -0.0588. The van der Waals surface area contributed by atoms with Gasteiger partial charge >= 0.3 is 5.97 Å². The first-order valence-corrected chi connectivity index (χ1v) is 9.67. The predicted octanol–water partition coefficient (Wildman–Crippen LogP) is 5.36. The van der Waals surface area contributed by atoms with Gasteiger partial charge in [-0.25, -0.2) is 0 Å². The molecule has 22 heavy (non-hydrogen) atoms. The van der Waals surface area contributed by atoms with Gasteiger partial charge in [0.1, 0.15) is 0 Å². The zero-order valence-electron chi connectivity index (χ0n) is 14.9. The lowest BCUT2D eigenvalue weighted by molar-refractivity contribution is -0.143. The average molecular weight is 314 g/mol. The number of rotatable bonds is 17. The molecule has 0 bridgehead atoms. The summed E-state index contributed by atoms with van der Waals surface area (Å²) in [6.45, 7) is 3.34. The monoisotopic (exact) mass is 313 g/mol. The first kappa shape index (κ1) is 21.4. The van der Waals surface area contributed by atoms with E-state index in [0.29, 0.717) is 19.6 Å². The van der Waals surface area contributed by atoms with Crippen molar-refractivity contribution in [2.75, 3.05) is 13.2 Å². The number of carbonyl (C=O) groups excluding carboxylic acids is 1. The Kier molecular flexibility index (Phi) is 18.0. The lowest BCUT2D eigenvalue weighted by atomic mass is 10.0. The third-order valence-electron chi connectivity index (χ3n) is 4.10. The van der Waals surface area contributed by atoms with Crippen LogP contribution in [0.5, 0.6) is 0 Å². The molecule has 2 N–H and O–H groups in total. The van der Waals surface area contributed by atoms with Crippen molar-refractivity contribution in [3.05, 3.63) is 0 Å². The van der Waals surface area contributed by atoms with E-state index in [9.17, 15) is 4.79 Å². The summed E-state index contributed by atoms with van der Waals surface area (Å²) in [6.07, 6.45) is 18.6. The summed E-state index contributed by atoms with van der Waals surface area (Å²) >= 11 is 0. The van der Waals surface area contributed by atoms with Crippen LogP contribution < -0.4 is 5.73 Å². The fourth-order valence-corrected chi connectivity index (χ4v) is 2.63. The lowest BCUT2D eigenvalue weighted by Gasteiger charge is -2.04. The van der Waals surface area contributed by atoms with Gasteiger partial charge in [0.25, 0.3) is 0 Å². The maximum Gasteiger partial charge on any atom is 0.305 e. The third kappa shape index (κ3) is 17.5. The van der Waals surface area contributed by atoms with E-state index in [-0.39, 0.29) is 5.97 Å². The van der Waals surface area contributed by atoms with Gasteiger partial charge in [-0.1, -0.05) is 84.0 Å². The Balaban J connectivity index is 3.06. The first-order valence-electron chi connectivity index (χ1n) is 9.67. The Labute approximate surface area is 138 Å². The minimum absolute atomic E-state index is 0.0588. The molecule has 3 heteroatoms. The van der Waals surface area contributed by atoms with Crippen molar-refractivity contribution in [1.82, 2.24) is 0 Å². The van der Waals surface area contributed by atoms with Crippen LogP contribution in [0.4, 0.5) is 0 Å². The van der Waals surface area contributed by atoms with Gasteiger partial charge in [-0.15, -0.1) is 0 Å². The Morgan fingerprint density at radius 3 is 1.64 bits per heavy atom. The molecule has 0 spiro atoms. The zero-order valence-corrected chi connectivity index (χ0v) is 14.9. The molecule has 0 saturated carbocycles. The van der Waals surface area contributed by atoms with Gasteiger partial charge in [-0.3, -0.25) is 4.79 Å². The highest BCUT2D eigenvalue weighted by Gasteiger charge is 2.01. The smallest absolute Gasteiger partial charge is 0.305 e. The molecule has 132 valence electrons. The van der Waals surface area contributed by atoms with E-state index < -0.39 is 0 Å². The third-order valence-corrected chi connectivity index (χ3v) is 4.10. The highest BCUT2D eigenvalue weighted by molar-refractivity contribution is 5.69. The number of hydrogen-bond donors (Lipinski definition) is 1. The molecule has 0 aromatic rings. The fraction of sp³-hybridized carbons (Fsp3) is 0.947. The molecule has 0 aromatic carbocycles. The van der Waals surface area contributed by atoms with Crippen LogP contribution in [0.25, 0.3) is 0 Å². The molecule has 0 aliphatic carbocycles. The topological polar surface area (TPSA) is 52.3 Å². The molecular weight excluding hydrogens is 274 g/mol. The average Bonchev–Trinajstić information content (AvgIpc) is 2.52. The minimum Gasteiger partial charge on any atom is -0.466 e. The van der Waals surface area contributed by atoms with Gasteiger partial charge < -0.3 is 10.5 Å². The van der Waals surface area contributed by atoms with Crippen LogP contribution in [0.2, 0.25) is 0 Å². The normalized spacial score (nSPS) is 10.8. The van der Waals surface area contributed by atoms with E-state index in [1.807, 2.05) is 0 Å². The summed E-state index contributed by atoms with van der Waals surface area (Å²) in [6, 6.07) is 0. The molecule has 0 aliphatic rings. The molecule has 0 aliphatic heterocycles. The maximum absolute atomic E-state index is 11.4. The van der Waals surface area contributed by atoms with Crippen LogP contribution in [-0.4, -0.2) is 19.1 Å². The zero-order chi connectivity index (χ0) is 16.3. The summed E-state index contributed by atoms with van der Waals surface area (Å²) in [5.41, 5.74) is 5.35. The van der Waals surface area contributed by atoms with Gasteiger partial charge in [0, 0.05) is 6.42 Å². The molecule has 0 atom stereocenters. The fourth-order valence-electron chi connectivity index (χ4n) is 2.63. The molecule has 0 fully saturated rings. The van der Waals surface area contributed by atoms with Crippen molar-refractivity contribution < 1.29 is 9.53 Å². The van der Waals surface area contributed by atoms with Gasteiger partial charge in [-0.05, 0) is 19.4 Å². The summed E-state index contributed by atoms with van der Waals surface area (Å²) < 4.78 is 5.07. The predicted molar refractivity (Wildman–Crippen MR) is 94.9 cm³/mol. The first-order chi connectivity index (χ1) is 10.8. The van der Waals surface area contributed by atoms with Crippen LogP contribution in [0, 0.1) is 0 Å². The second-order valence-corrected chi connectivity index (χ2v) is 6.36. The second-order valence-electron chi connectivity index (χ2n) is 6.36. The summed E-state index contributed by atoms with van der Waals surface area (Å²) in [7, 11) is 0. The van der Waals surface area contributed by atoms with Gasteiger partial charge in [0.2, 0.25) is 0 Å². The van der Waals surface area contributed by atoms with E-state index in [1.54, 1.807) is 0 Å². The lowest BCUT2D eigenvalue weighted by Crippen LogP contribution is -2.09. The van der Waals surface area contributed by atoms with Crippen LogP contribution in [0.15, 0.2) is 0 Å². The number of ether oxygens (including phenoxy) is 1. The number of nitrogens with two attached hydrogens (primary N) is 1. The van der Waals surface area contributed by atoms with Crippen molar-refractivity contribution in [2.45, 2.75) is 103 Å². The van der Waals surface area contributed by atoms with Crippen molar-refractivity contribution in [3.8, 4) is 0 Å². The Hall–Kier alpha value is -0.570. The SMILES string of the molecule is CCCCCCCCCCCCCCCC(=O)OCCCN. The molecular formula is C19H39NO2. The van der Waals surface area contributed by atoms with Crippen molar-refractivity contribution in [1.29, 1.82) is 0 Å². The largest absolute Gasteiger partial charge is 0.466 e. The van der Waals surface area contributed by atoms with Crippen LogP contribution >= 0.6 is 0 Å². The highest BCUT2D eigenvalue weighted by atomic mass is 16.5. The maximum atomic E-state index is 11.4. The second kappa shape index (κ2) is 18.5. The van der Waals surface area contributed by atoms with Crippen LogP contribution in [0.1, 0.15) is 103 Å². The highest BCUT2D eigenvalue weighted by Crippen LogP contribution is 2.13. The summed E-state index contributed by atoms with van der Waals surface area (Å²) in [4.78, 5) is 11.4. The number of carbonyl (C=O) groups is 1. The molecule has 3 nitrogen and oxygen atoms in total. The molecule has 0 saturated heterocycles. The Morgan fingerprint density at radius 2 is 1.18 bits per heavy atom. The number of unbranched alkanes of at least 4 members (excludes halogenated alkanes) is 12. The van der Waals surface area contributed by atoms with E-state index in [0.717, 1.165) is 19.3 Å². The van der Waals surface area contributed by atoms with Crippen molar-refractivity contribution >= 4 is 5.97 Å². The van der Waals surface area contributed by atoms with Crippen LogP contribution in [-0.2, 0) is 9.53 Å². The molecule has 0 radical (unpaired) electrons. The number of hydrogen-bond acceptors (Lipinski definition) is 3. The van der Waals surface area contributed by atoms with E-state index in [2.05, 4.69) is 6.92 Å². The molecule has 0 aromatic heterocycles. The van der Waals surface area contributed by atoms with E-state index in [1.165, 1.54) is 70.6 Å². The van der Waals surface area contributed by atoms with Crippen molar-refractivity contribution in [2.24, 2.45) is 5.73 Å². The Bertz CT molecular complexity index is 231. The van der Waals surface area contributed by atoms with Crippen LogP contribution in [0.3, 0.4) is 0 Å². The molecule has 0 amide bonds. The van der Waals surface area contributed by atoms with E-state index >= 15 is 0 Å². The van der Waals surface area contributed by atoms with Gasteiger partial charge in [0.05, 0.1) is 6.61 Å². The molecule has 0 heterocycles. The standard InChI is InChI=1S/C19H39NO2/c1-2-3-4-5-6-7-8-9-10-11-12-13-14-16-19(21)22-18-15-17-20/h2-18,20H2,1H3.